The number of imide groups is 1. The third kappa shape index (κ3) is 4.65. The van der Waals surface area contributed by atoms with Gasteiger partial charge in [0.1, 0.15) is 11.8 Å². The fraction of sp³-hybridized carbons (Fsp3) is 0.208. The number of carbonyl (C=O) groups excluding carboxylic acids is 3. The Labute approximate surface area is 190 Å². The maximum absolute atomic E-state index is 13.3. The third-order valence-electron chi connectivity index (χ3n) is 5.25. The van der Waals surface area contributed by atoms with E-state index in [-0.39, 0.29) is 12.3 Å². The number of amides is 4. The van der Waals surface area contributed by atoms with Crippen molar-refractivity contribution in [1.29, 1.82) is 0 Å². The molecule has 0 bridgehead atoms. The van der Waals surface area contributed by atoms with E-state index >= 15 is 0 Å². The van der Waals surface area contributed by atoms with E-state index in [9.17, 15) is 14.4 Å². The molecule has 32 heavy (non-hydrogen) atoms. The van der Waals surface area contributed by atoms with Gasteiger partial charge >= 0.3 is 6.03 Å². The zero-order valence-electron chi connectivity index (χ0n) is 17.6. The first-order valence-electron chi connectivity index (χ1n) is 10.2. The predicted octanol–water partition coefficient (Wildman–Crippen LogP) is 4.17. The van der Waals surface area contributed by atoms with Gasteiger partial charge < -0.3 is 15.0 Å². The second kappa shape index (κ2) is 9.65. The Hall–Kier alpha value is -3.65. The number of nitrogens with one attached hydrogen (secondary N) is 1. The molecule has 0 radical (unpaired) electrons. The second-order valence-electron chi connectivity index (χ2n) is 7.31. The lowest BCUT2D eigenvalue weighted by Gasteiger charge is -2.21. The first-order valence-corrected chi connectivity index (χ1v) is 11.1. The van der Waals surface area contributed by atoms with Crippen molar-refractivity contribution in [3.05, 3.63) is 77.0 Å². The van der Waals surface area contributed by atoms with Crippen LogP contribution in [0, 0.1) is 0 Å². The van der Waals surface area contributed by atoms with Gasteiger partial charge in [-0.05, 0) is 42.1 Å². The zero-order chi connectivity index (χ0) is 22.5. The zero-order valence-corrected chi connectivity index (χ0v) is 18.4. The summed E-state index contributed by atoms with van der Waals surface area (Å²) < 4.78 is 5.24. The number of urea groups is 1. The summed E-state index contributed by atoms with van der Waals surface area (Å²) in [5.41, 5.74) is 1.07. The molecular formula is C24H23N3O4S. The summed E-state index contributed by atoms with van der Waals surface area (Å²) in [7, 11) is 1.52. The molecule has 1 aliphatic rings. The van der Waals surface area contributed by atoms with E-state index in [1.165, 1.54) is 12.0 Å². The van der Waals surface area contributed by atoms with Crippen molar-refractivity contribution in [2.75, 3.05) is 23.9 Å². The number of rotatable bonds is 8. The molecule has 1 aliphatic heterocycles. The monoisotopic (exact) mass is 449 g/mol. The van der Waals surface area contributed by atoms with Crippen LogP contribution in [0.3, 0.4) is 0 Å². The average molecular weight is 450 g/mol. The van der Waals surface area contributed by atoms with Gasteiger partial charge in [0.2, 0.25) is 5.91 Å². The fourth-order valence-corrected chi connectivity index (χ4v) is 4.37. The van der Waals surface area contributed by atoms with E-state index in [0.29, 0.717) is 30.1 Å². The number of hydrogen-bond donors (Lipinski definition) is 1. The van der Waals surface area contributed by atoms with Crippen molar-refractivity contribution in [2.24, 2.45) is 0 Å². The topological polar surface area (TPSA) is 79.0 Å². The van der Waals surface area contributed by atoms with Crippen LogP contribution in [0.25, 0.3) is 0 Å². The molecule has 0 unspecified atom stereocenters. The van der Waals surface area contributed by atoms with E-state index in [0.717, 1.165) is 9.78 Å². The summed E-state index contributed by atoms with van der Waals surface area (Å²) >= 11 is 1.60. The lowest BCUT2D eigenvalue weighted by molar-refractivity contribution is -0.124. The SMILES string of the molecule is COc1cccc(N2C(=O)[C@@H](CC(=O)Nc3ccccc3)N(CCc3cccs3)C2=O)c1. The molecule has 4 amide bonds. The number of ether oxygens (including phenoxy) is 1. The van der Waals surface area contributed by atoms with Crippen LogP contribution in [0.5, 0.6) is 5.75 Å². The molecule has 0 spiro atoms. The summed E-state index contributed by atoms with van der Waals surface area (Å²) in [6.07, 6.45) is 0.490. The van der Waals surface area contributed by atoms with E-state index in [4.69, 9.17) is 4.74 Å². The van der Waals surface area contributed by atoms with Gasteiger partial charge in [0.05, 0.1) is 19.2 Å². The Morgan fingerprint density at radius 1 is 1.06 bits per heavy atom. The maximum atomic E-state index is 13.3. The Kier molecular flexibility index (Phi) is 6.51. The van der Waals surface area contributed by atoms with Crippen molar-refractivity contribution >= 4 is 40.6 Å². The molecule has 1 N–H and O–H groups in total. The molecule has 1 atom stereocenters. The highest BCUT2D eigenvalue weighted by molar-refractivity contribution is 7.09. The highest BCUT2D eigenvalue weighted by atomic mass is 32.1. The van der Waals surface area contributed by atoms with Crippen LogP contribution in [0.15, 0.2) is 72.1 Å². The van der Waals surface area contributed by atoms with Crippen LogP contribution in [0.2, 0.25) is 0 Å². The number of anilines is 2. The lowest BCUT2D eigenvalue weighted by atomic mass is 10.1. The number of nitrogens with zero attached hydrogens (tertiary/aromatic N) is 2. The maximum Gasteiger partial charge on any atom is 0.332 e. The minimum absolute atomic E-state index is 0.121. The Balaban J connectivity index is 1.57. The molecule has 0 aliphatic carbocycles. The number of para-hydroxylation sites is 1. The minimum atomic E-state index is -0.877. The molecule has 1 aromatic heterocycles. The average Bonchev–Trinajstić information content (AvgIpc) is 3.40. The smallest absolute Gasteiger partial charge is 0.332 e. The first kappa shape index (κ1) is 21.6. The normalized spacial score (nSPS) is 15.8. The number of carbonyl (C=O) groups is 3. The van der Waals surface area contributed by atoms with Crippen LogP contribution in [-0.2, 0) is 16.0 Å². The Bertz CT molecular complexity index is 1100. The van der Waals surface area contributed by atoms with Gasteiger partial charge in [0, 0.05) is 23.2 Å². The quantitative estimate of drug-likeness (QED) is 0.524. The highest BCUT2D eigenvalue weighted by Crippen LogP contribution is 2.30. The van der Waals surface area contributed by atoms with Gasteiger partial charge in [-0.3, -0.25) is 9.59 Å². The fourth-order valence-electron chi connectivity index (χ4n) is 3.67. The predicted molar refractivity (Wildman–Crippen MR) is 124 cm³/mol. The molecule has 1 fully saturated rings. The number of methoxy groups -OCH3 is 1. The third-order valence-corrected chi connectivity index (χ3v) is 6.18. The van der Waals surface area contributed by atoms with Gasteiger partial charge in [0.15, 0.2) is 0 Å². The van der Waals surface area contributed by atoms with Crippen LogP contribution < -0.4 is 15.0 Å². The van der Waals surface area contributed by atoms with E-state index in [2.05, 4.69) is 5.32 Å². The van der Waals surface area contributed by atoms with Crippen LogP contribution in [0.4, 0.5) is 16.2 Å². The number of thiophene rings is 1. The largest absolute Gasteiger partial charge is 0.497 e. The van der Waals surface area contributed by atoms with Crippen molar-refractivity contribution in [3.63, 3.8) is 0 Å². The molecule has 4 rings (SSSR count). The van der Waals surface area contributed by atoms with Crippen LogP contribution in [-0.4, -0.2) is 42.4 Å². The molecule has 0 saturated carbocycles. The van der Waals surface area contributed by atoms with Gasteiger partial charge in [0.25, 0.3) is 5.91 Å². The molecule has 8 heteroatoms. The van der Waals surface area contributed by atoms with Crippen LogP contribution in [0.1, 0.15) is 11.3 Å². The van der Waals surface area contributed by atoms with E-state index < -0.39 is 18.0 Å². The lowest BCUT2D eigenvalue weighted by Crippen LogP contribution is -2.39. The number of hydrogen-bond acceptors (Lipinski definition) is 5. The summed E-state index contributed by atoms with van der Waals surface area (Å²) in [5.74, 6) is -0.202. The molecule has 1 saturated heterocycles. The van der Waals surface area contributed by atoms with Gasteiger partial charge in [-0.15, -0.1) is 11.3 Å². The van der Waals surface area contributed by atoms with Crippen LogP contribution >= 0.6 is 11.3 Å². The Morgan fingerprint density at radius 3 is 2.59 bits per heavy atom. The summed E-state index contributed by atoms with van der Waals surface area (Å²) in [6, 6.07) is 18.5. The van der Waals surface area contributed by atoms with Gasteiger partial charge in [-0.2, -0.15) is 0 Å². The molecule has 2 heterocycles. The number of benzene rings is 2. The Morgan fingerprint density at radius 2 is 1.88 bits per heavy atom. The molecular weight excluding hydrogens is 426 g/mol. The minimum Gasteiger partial charge on any atom is -0.497 e. The molecule has 7 nitrogen and oxygen atoms in total. The van der Waals surface area contributed by atoms with Crippen molar-refractivity contribution < 1.29 is 19.1 Å². The van der Waals surface area contributed by atoms with Crippen molar-refractivity contribution in [3.8, 4) is 5.75 Å². The summed E-state index contributed by atoms with van der Waals surface area (Å²) in [5, 5.41) is 4.77. The molecule has 3 aromatic rings. The van der Waals surface area contributed by atoms with Crippen molar-refractivity contribution in [2.45, 2.75) is 18.9 Å². The first-order chi connectivity index (χ1) is 15.6. The van der Waals surface area contributed by atoms with Gasteiger partial charge in [-0.1, -0.05) is 30.3 Å². The molecule has 2 aromatic carbocycles. The van der Waals surface area contributed by atoms with E-state index in [1.807, 2.05) is 35.7 Å². The summed E-state index contributed by atoms with van der Waals surface area (Å²) in [4.78, 5) is 43.1. The standard InChI is InChI=1S/C24H23N3O4S/c1-31-19-10-5-9-18(15-19)27-23(29)21(16-22(28)25-17-7-3-2-4-8-17)26(24(27)30)13-12-20-11-6-14-32-20/h2-11,14-15,21H,12-13,16H2,1H3,(H,25,28)/t21-/m1/s1. The summed E-state index contributed by atoms with van der Waals surface area (Å²) in [6.45, 7) is 0.342. The second-order valence-corrected chi connectivity index (χ2v) is 8.35. The molecule has 164 valence electrons. The van der Waals surface area contributed by atoms with Crippen molar-refractivity contribution in [1.82, 2.24) is 4.90 Å². The van der Waals surface area contributed by atoms with E-state index in [1.54, 1.807) is 47.7 Å². The van der Waals surface area contributed by atoms with Gasteiger partial charge in [-0.25, -0.2) is 9.69 Å². The highest BCUT2D eigenvalue weighted by Gasteiger charge is 2.46.